The van der Waals surface area contributed by atoms with Crippen LogP contribution in [0.5, 0.6) is 0 Å². The standard InChI is InChI=1S/C24H29ClN2O4/c1-17(2)13-21(24(30)31-16-19-11-7-4-8-12-19)27-23(29)20(26-22(28)15-25)14-18-9-5-3-6-10-18/h3-12,17,20-21H,13-16H2,1-2H3,(H,26,28)(H,27,29)/t20?,21-/m1/s1. The zero-order chi connectivity index (χ0) is 22.6. The summed E-state index contributed by atoms with van der Waals surface area (Å²) in [6.45, 7) is 4.04. The van der Waals surface area contributed by atoms with E-state index in [9.17, 15) is 14.4 Å². The van der Waals surface area contributed by atoms with Crippen molar-refractivity contribution in [3.8, 4) is 0 Å². The van der Waals surface area contributed by atoms with Crippen LogP contribution in [0, 0.1) is 5.92 Å². The first-order valence-electron chi connectivity index (χ1n) is 10.3. The molecule has 0 aliphatic heterocycles. The number of benzene rings is 2. The third-order valence-corrected chi connectivity index (χ3v) is 4.83. The third-order valence-electron chi connectivity index (χ3n) is 4.59. The molecule has 2 amide bonds. The van der Waals surface area contributed by atoms with Crippen molar-refractivity contribution in [2.45, 2.75) is 45.4 Å². The Balaban J connectivity index is 2.08. The van der Waals surface area contributed by atoms with Gasteiger partial charge in [0.05, 0.1) is 0 Å². The second-order valence-corrected chi connectivity index (χ2v) is 7.99. The molecule has 0 aliphatic rings. The summed E-state index contributed by atoms with van der Waals surface area (Å²) in [4.78, 5) is 37.6. The molecule has 2 N–H and O–H groups in total. The van der Waals surface area contributed by atoms with Gasteiger partial charge in [-0.1, -0.05) is 74.5 Å². The molecule has 0 saturated heterocycles. The smallest absolute Gasteiger partial charge is 0.328 e. The fourth-order valence-corrected chi connectivity index (χ4v) is 3.16. The molecule has 31 heavy (non-hydrogen) atoms. The lowest BCUT2D eigenvalue weighted by atomic mass is 10.0. The lowest BCUT2D eigenvalue weighted by molar-refractivity contribution is -0.149. The van der Waals surface area contributed by atoms with E-state index in [-0.39, 0.29) is 24.8 Å². The zero-order valence-corrected chi connectivity index (χ0v) is 18.6. The molecule has 0 aliphatic carbocycles. The topological polar surface area (TPSA) is 84.5 Å². The molecule has 2 atom stereocenters. The molecule has 1 unspecified atom stereocenters. The Bertz CT molecular complexity index is 843. The van der Waals surface area contributed by atoms with Gasteiger partial charge < -0.3 is 15.4 Å². The molecular weight excluding hydrogens is 416 g/mol. The van der Waals surface area contributed by atoms with Gasteiger partial charge in [0.2, 0.25) is 11.8 Å². The van der Waals surface area contributed by atoms with Crippen molar-refractivity contribution < 1.29 is 19.1 Å². The van der Waals surface area contributed by atoms with Gasteiger partial charge in [0.1, 0.15) is 24.6 Å². The second-order valence-electron chi connectivity index (χ2n) is 7.73. The highest BCUT2D eigenvalue weighted by atomic mass is 35.5. The number of alkyl halides is 1. The van der Waals surface area contributed by atoms with Crippen molar-refractivity contribution in [2.24, 2.45) is 5.92 Å². The number of hydrogen-bond donors (Lipinski definition) is 2. The minimum atomic E-state index is -0.856. The monoisotopic (exact) mass is 444 g/mol. The number of halogens is 1. The first-order chi connectivity index (χ1) is 14.9. The fraction of sp³-hybridized carbons (Fsp3) is 0.375. The zero-order valence-electron chi connectivity index (χ0n) is 17.8. The van der Waals surface area contributed by atoms with Gasteiger partial charge in [0, 0.05) is 6.42 Å². The van der Waals surface area contributed by atoms with Crippen LogP contribution in [0.2, 0.25) is 0 Å². The summed E-state index contributed by atoms with van der Waals surface area (Å²) in [5, 5.41) is 5.40. The van der Waals surface area contributed by atoms with Gasteiger partial charge in [-0.3, -0.25) is 9.59 Å². The number of esters is 1. The predicted molar refractivity (Wildman–Crippen MR) is 120 cm³/mol. The quantitative estimate of drug-likeness (QED) is 0.411. The first-order valence-corrected chi connectivity index (χ1v) is 10.8. The summed E-state index contributed by atoms with van der Waals surface area (Å²) in [5.74, 6) is -1.52. The van der Waals surface area contributed by atoms with E-state index >= 15 is 0 Å². The van der Waals surface area contributed by atoms with Crippen LogP contribution in [-0.4, -0.2) is 35.7 Å². The fourth-order valence-electron chi connectivity index (χ4n) is 3.08. The molecule has 2 aromatic rings. The van der Waals surface area contributed by atoms with Crippen LogP contribution in [-0.2, 0) is 32.1 Å². The van der Waals surface area contributed by atoms with E-state index in [0.29, 0.717) is 6.42 Å². The predicted octanol–water partition coefficient (Wildman–Crippen LogP) is 3.23. The number of carbonyl (C=O) groups is 3. The summed E-state index contributed by atoms with van der Waals surface area (Å²) in [6, 6.07) is 17.0. The Kier molecular flexibility index (Phi) is 10.0. The van der Waals surface area contributed by atoms with Gasteiger partial charge in [0.15, 0.2) is 0 Å². The van der Waals surface area contributed by atoms with Gasteiger partial charge in [0.25, 0.3) is 0 Å². The molecule has 0 bridgehead atoms. The number of nitrogens with one attached hydrogen (secondary N) is 2. The lowest BCUT2D eigenvalue weighted by Crippen LogP contribution is -2.53. The Hall–Kier alpha value is -2.86. The molecule has 166 valence electrons. The van der Waals surface area contributed by atoms with E-state index in [0.717, 1.165) is 11.1 Å². The average Bonchev–Trinajstić information content (AvgIpc) is 2.77. The van der Waals surface area contributed by atoms with Crippen LogP contribution in [0.1, 0.15) is 31.4 Å². The van der Waals surface area contributed by atoms with Crippen molar-refractivity contribution in [3.63, 3.8) is 0 Å². The molecule has 6 nitrogen and oxygen atoms in total. The van der Waals surface area contributed by atoms with E-state index in [1.54, 1.807) is 0 Å². The summed E-state index contributed by atoms with van der Waals surface area (Å²) in [5.41, 5.74) is 1.74. The SMILES string of the molecule is CC(C)C[C@@H](NC(=O)C(Cc1ccccc1)NC(=O)CCl)C(=O)OCc1ccccc1. The maximum atomic E-state index is 13.0. The van der Waals surface area contributed by atoms with Gasteiger partial charge in [-0.15, -0.1) is 11.6 Å². The summed E-state index contributed by atoms with van der Waals surface area (Å²) in [7, 11) is 0. The average molecular weight is 445 g/mol. The van der Waals surface area contributed by atoms with Gasteiger partial charge in [-0.2, -0.15) is 0 Å². The van der Waals surface area contributed by atoms with E-state index in [1.807, 2.05) is 74.5 Å². The van der Waals surface area contributed by atoms with Crippen LogP contribution in [0.15, 0.2) is 60.7 Å². The largest absolute Gasteiger partial charge is 0.459 e. The van der Waals surface area contributed by atoms with Crippen LogP contribution >= 0.6 is 11.6 Å². The molecule has 0 spiro atoms. The third kappa shape index (κ3) is 8.80. The van der Waals surface area contributed by atoms with Crippen LogP contribution in [0.25, 0.3) is 0 Å². The Morgan fingerprint density at radius 2 is 1.45 bits per heavy atom. The van der Waals surface area contributed by atoms with Gasteiger partial charge in [-0.05, 0) is 23.5 Å². The van der Waals surface area contributed by atoms with Crippen LogP contribution < -0.4 is 10.6 Å². The number of carbonyl (C=O) groups excluding carboxylic acids is 3. The van der Waals surface area contributed by atoms with Crippen molar-refractivity contribution in [1.29, 1.82) is 0 Å². The maximum Gasteiger partial charge on any atom is 0.328 e. The highest BCUT2D eigenvalue weighted by molar-refractivity contribution is 6.27. The Morgan fingerprint density at radius 3 is 2.00 bits per heavy atom. The van der Waals surface area contributed by atoms with E-state index < -0.39 is 29.9 Å². The summed E-state index contributed by atoms with van der Waals surface area (Å²) in [6.07, 6.45) is 0.698. The molecule has 2 rings (SSSR count). The minimum Gasteiger partial charge on any atom is -0.459 e. The lowest BCUT2D eigenvalue weighted by Gasteiger charge is -2.23. The van der Waals surface area contributed by atoms with Crippen molar-refractivity contribution >= 4 is 29.4 Å². The van der Waals surface area contributed by atoms with E-state index in [4.69, 9.17) is 16.3 Å². The highest BCUT2D eigenvalue weighted by Gasteiger charge is 2.28. The van der Waals surface area contributed by atoms with Crippen molar-refractivity contribution in [3.05, 3.63) is 71.8 Å². The number of rotatable bonds is 11. The molecule has 0 radical (unpaired) electrons. The molecule has 0 fully saturated rings. The summed E-state index contributed by atoms with van der Waals surface area (Å²) < 4.78 is 5.43. The van der Waals surface area contributed by atoms with Crippen molar-refractivity contribution in [2.75, 3.05) is 5.88 Å². The molecule has 7 heteroatoms. The Labute approximate surface area is 188 Å². The van der Waals surface area contributed by atoms with Crippen molar-refractivity contribution in [1.82, 2.24) is 10.6 Å². The van der Waals surface area contributed by atoms with Crippen LogP contribution in [0.3, 0.4) is 0 Å². The van der Waals surface area contributed by atoms with E-state index in [2.05, 4.69) is 10.6 Å². The van der Waals surface area contributed by atoms with Gasteiger partial charge >= 0.3 is 5.97 Å². The maximum absolute atomic E-state index is 13.0. The normalized spacial score (nSPS) is 12.6. The Morgan fingerprint density at radius 1 is 0.871 bits per heavy atom. The molecule has 2 aromatic carbocycles. The van der Waals surface area contributed by atoms with E-state index in [1.165, 1.54) is 0 Å². The molecule has 0 aromatic heterocycles. The number of amides is 2. The molecular formula is C24H29ClN2O4. The van der Waals surface area contributed by atoms with Crippen LogP contribution in [0.4, 0.5) is 0 Å². The summed E-state index contributed by atoms with van der Waals surface area (Å²) >= 11 is 5.61. The first kappa shape index (κ1) is 24.4. The highest BCUT2D eigenvalue weighted by Crippen LogP contribution is 2.10. The number of ether oxygens (including phenoxy) is 1. The molecule has 0 saturated carbocycles. The van der Waals surface area contributed by atoms with Gasteiger partial charge in [-0.25, -0.2) is 4.79 Å². The number of hydrogen-bond acceptors (Lipinski definition) is 4. The minimum absolute atomic E-state index is 0.126. The molecule has 0 heterocycles. The second kappa shape index (κ2) is 12.7.